The van der Waals surface area contributed by atoms with E-state index in [1.807, 2.05) is 0 Å². The highest BCUT2D eigenvalue weighted by Gasteiger charge is 2.22. The number of rotatable bonds is 8. The molecular weight excluding hydrogens is 224 g/mol. The summed E-state index contributed by atoms with van der Waals surface area (Å²) in [5, 5.41) is 14.0. The van der Waals surface area contributed by atoms with Crippen LogP contribution in [0.5, 0.6) is 0 Å². The van der Waals surface area contributed by atoms with Crippen LogP contribution in [-0.4, -0.2) is 43.4 Å². The van der Waals surface area contributed by atoms with E-state index >= 15 is 0 Å². The maximum Gasteiger partial charge on any atom is 0.326 e. The number of urea groups is 1. The number of carbonyl (C=O) groups is 2. The molecule has 3 N–H and O–H groups in total. The fourth-order valence-electron chi connectivity index (χ4n) is 1.50. The number of carboxylic acids is 1. The molecule has 1 fully saturated rings. The predicted octanol–water partition coefficient (Wildman–Crippen LogP) is 0.575. The van der Waals surface area contributed by atoms with Crippen molar-refractivity contribution in [2.75, 3.05) is 20.3 Å². The Labute approximate surface area is 101 Å². The topological polar surface area (TPSA) is 87.7 Å². The van der Waals surface area contributed by atoms with Gasteiger partial charge in [0.25, 0.3) is 0 Å². The summed E-state index contributed by atoms with van der Waals surface area (Å²) in [5.41, 5.74) is 0. The molecule has 1 aliphatic rings. The van der Waals surface area contributed by atoms with Crippen LogP contribution in [-0.2, 0) is 9.53 Å². The van der Waals surface area contributed by atoms with Gasteiger partial charge < -0.3 is 20.5 Å². The number of nitrogens with one attached hydrogen (secondary N) is 2. The third-order valence-corrected chi connectivity index (χ3v) is 2.75. The molecule has 6 heteroatoms. The summed E-state index contributed by atoms with van der Waals surface area (Å²) in [4.78, 5) is 22.2. The van der Waals surface area contributed by atoms with Crippen molar-refractivity contribution in [1.82, 2.24) is 10.6 Å². The zero-order valence-corrected chi connectivity index (χ0v) is 10.1. The Morgan fingerprint density at radius 1 is 1.47 bits per heavy atom. The van der Waals surface area contributed by atoms with E-state index in [9.17, 15) is 9.59 Å². The van der Waals surface area contributed by atoms with Crippen molar-refractivity contribution in [3.05, 3.63) is 0 Å². The van der Waals surface area contributed by atoms with Gasteiger partial charge in [-0.05, 0) is 12.3 Å². The third-order valence-electron chi connectivity index (χ3n) is 2.75. The van der Waals surface area contributed by atoms with Gasteiger partial charge in [0.1, 0.15) is 6.04 Å². The molecule has 0 bridgehead atoms. The smallest absolute Gasteiger partial charge is 0.326 e. The van der Waals surface area contributed by atoms with Gasteiger partial charge in [-0.1, -0.05) is 12.8 Å². The van der Waals surface area contributed by atoms with Crippen LogP contribution in [0.4, 0.5) is 4.79 Å². The summed E-state index contributed by atoms with van der Waals surface area (Å²) in [6, 6.07) is -1.31. The lowest BCUT2D eigenvalue weighted by atomic mass is 10.2. The van der Waals surface area contributed by atoms with Crippen LogP contribution in [0.2, 0.25) is 0 Å². The average Bonchev–Trinajstić information content (AvgIpc) is 3.07. The van der Waals surface area contributed by atoms with E-state index in [1.165, 1.54) is 20.0 Å². The predicted molar refractivity (Wildman–Crippen MR) is 61.8 cm³/mol. The highest BCUT2D eigenvalue weighted by molar-refractivity contribution is 5.82. The molecule has 2 amide bonds. The molecule has 98 valence electrons. The minimum absolute atomic E-state index is 0.266. The van der Waals surface area contributed by atoms with E-state index in [0.717, 1.165) is 12.3 Å². The fraction of sp³-hybridized carbons (Fsp3) is 0.818. The first-order chi connectivity index (χ1) is 8.13. The van der Waals surface area contributed by atoms with E-state index in [0.29, 0.717) is 13.2 Å². The summed E-state index contributed by atoms with van der Waals surface area (Å²) in [6.07, 6.45) is 3.73. The maximum atomic E-state index is 11.4. The summed E-state index contributed by atoms with van der Waals surface area (Å²) < 4.78 is 4.79. The second-order valence-electron chi connectivity index (χ2n) is 4.30. The Kier molecular flexibility index (Phi) is 5.76. The number of aliphatic carboxylic acids is 1. The van der Waals surface area contributed by atoms with E-state index < -0.39 is 18.0 Å². The van der Waals surface area contributed by atoms with E-state index in [4.69, 9.17) is 9.84 Å². The summed E-state index contributed by atoms with van der Waals surface area (Å²) >= 11 is 0. The molecule has 17 heavy (non-hydrogen) atoms. The Morgan fingerprint density at radius 2 is 2.18 bits per heavy atom. The molecule has 0 aromatic rings. The molecule has 0 heterocycles. The molecular formula is C11H20N2O4. The van der Waals surface area contributed by atoms with Crippen LogP contribution in [0.3, 0.4) is 0 Å². The van der Waals surface area contributed by atoms with Crippen molar-refractivity contribution in [3.8, 4) is 0 Å². The number of hydrogen-bond donors (Lipinski definition) is 3. The van der Waals surface area contributed by atoms with Crippen LogP contribution < -0.4 is 10.6 Å². The molecule has 0 saturated heterocycles. The lowest BCUT2D eigenvalue weighted by Crippen LogP contribution is -2.46. The Hall–Kier alpha value is -1.30. The highest BCUT2D eigenvalue weighted by Crippen LogP contribution is 2.31. The zero-order valence-electron chi connectivity index (χ0n) is 10.1. The average molecular weight is 244 g/mol. The second-order valence-corrected chi connectivity index (χ2v) is 4.30. The molecule has 0 aliphatic heterocycles. The molecule has 0 aromatic heterocycles. The number of carbonyl (C=O) groups excluding carboxylic acids is 1. The number of carboxylic acid groups (broad SMARTS) is 1. The molecule has 0 radical (unpaired) electrons. The first-order valence-corrected chi connectivity index (χ1v) is 5.89. The van der Waals surface area contributed by atoms with Gasteiger partial charge in [-0.2, -0.15) is 0 Å². The quantitative estimate of drug-likeness (QED) is 0.582. The number of hydrogen-bond acceptors (Lipinski definition) is 3. The molecule has 1 saturated carbocycles. The molecule has 0 spiro atoms. The van der Waals surface area contributed by atoms with E-state index in [1.54, 1.807) is 0 Å². The van der Waals surface area contributed by atoms with Crippen LogP contribution in [0.15, 0.2) is 0 Å². The largest absolute Gasteiger partial charge is 0.480 e. The molecule has 1 unspecified atom stereocenters. The molecule has 1 rings (SSSR count). The Morgan fingerprint density at radius 3 is 2.71 bits per heavy atom. The normalized spacial score (nSPS) is 16.3. The van der Waals surface area contributed by atoms with Crippen molar-refractivity contribution in [2.24, 2.45) is 5.92 Å². The molecule has 1 aliphatic carbocycles. The van der Waals surface area contributed by atoms with Gasteiger partial charge in [0.05, 0.1) is 0 Å². The van der Waals surface area contributed by atoms with Gasteiger partial charge in [-0.3, -0.25) is 0 Å². The van der Waals surface area contributed by atoms with Crippen LogP contribution in [0, 0.1) is 5.92 Å². The minimum atomic E-state index is -1.04. The number of methoxy groups -OCH3 is 1. The van der Waals surface area contributed by atoms with Crippen LogP contribution in [0.1, 0.15) is 25.7 Å². The van der Waals surface area contributed by atoms with Crippen molar-refractivity contribution < 1.29 is 19.4 Å². The first-order valence-electron chi connectivity index (χ1n) is 5.89. The molecule has 6 nitrogen and oxygen atoms in total. The van der Waals surface area contributed by atoms with E-state index in [2.05, 4.69) is 10.6 Å². The van der Waals surface area contributed by atoms with Gasteiger partial charge in [0, 0.05) is 26.7 Å². The van der Waals surface area contributed by atoms with Crippen molar-refractivity contribution in [3.63, 3.8) is 0 Å². The van der Waals surface area contributed by atoms with Gasteiger partial charge in [-0.15, -0.1) is 0 Å². The van der Waals surface area contributed by atoms with Crippen LogP contribution >= 0.6 is 0 Å². The number of ether oxygens (including phenoxy) is 1. The first kappa shape index (κ1) is 13.8. The van der Waals surface area contributed by atoms with Crippen molar-refractivity contribution in [2.45, 2.75) is 31.7 Å². The van der Waals surface area contributed by atoms with Gasteiger partial charge in [0.2, 0.25) is 0 Å². The summed E-state index contributed by atoms with van der Waals surface area (Å²) in [7, 11) is 1.49. The van der Waals surface area contributed by atoms with Gasteiger partial charge in [0.15, 0.2) is 0 Å². The van der Waals surface area contributed by atoms with E-state index in [-0.39, 0.29) is 6.42 Å². The monoisotopic (exact) mass is 244 g/mol. The van der Waals surface area contributed by atoms with Crippen LogP contribution in [0.25, 0.3) is 0 Å². The number of amides is 2. The highest BCUT2D eigenvalue weighted by atomic mass is 16.5. The van der Waals surface area contributed by atoms with Gasteiger partial charge >= 0.3 is 12.0 Å². The maximum absolute atomic E-state index is 11.4. The second kappa shape index (κ2) is 7.11. The zero-order chi connectivity index (χ0) is 12.7. The lowest BCUT2D eigenvalue weighted by Gasteiger charge is -2.14. The molecule has 0 aromatic carbocycles. The SMILES string of the molecule is COCCC(NC(=O)NCCC1CC1)C(=O)O. The fourth-order valence-corrected chi connectivity index (χ4v) is 1.50. The summed E-state index contributed by atoms with van der Waals surface area (Å²) in [6.45, 7) is 0.909. The Bertz CT molecular complexity index is 266. The standard InChI is InChI=1S/C11H20N2O4/c1-17-7-5-9(10(14)15)13-11(16)12-6-4-8-2-3-8/h8-9H,2-7H2,1H3,(H,14,15)(H2,12,13,16). The minimum Gasteiger partial charge on any atom is -0.480 e. The van der Waals surface area contributed by atoms with Gasteiger partial charge in [-0.25, -0.2) is 9.59 Å². The molecule has 1 atom stereocenters. The summed E-state index contributed by atoms with van der Waals surface area (Å²) in [5.74, 6) is -0.293. The third kappa shape index (κ3) is 6.11. The Balaban J connectivity index is 2.16. The van der Waals surface area contributed by atoms with Crippen molar-refractivity contribution in [1.29, 1.82) is 0 Å². The van der Waals surface area contributed by atoms with Crippen molar-refractivity contribution >= 4 is 12.0 Å². The lowest BCUT2D eigenvalue weighted by molar-refractivity contribution is -0.139.